The predicted molar refractivity (Wildman–Crippen MR) is 79.9 cm³/mol. The first-order valence-electron chi connectivity index (χ1n) is 7.58. The molecule has 0 aliphatic carbocycles. The Hall–Kier alpha value is -0.930. The molecule has 0 amide bonds. The zero-order valence-electron chi connectivity index (χ0n) is 12.3. The fraction of sp³-hybridized carbons (Fsp3) is 0.688. The van der Waals surface area contributed by atoms with Crippen LogP contribution < -0.4 is 5.73 Å². The second kappa shape index (κ2) is 6.49. The van der Waals surface area contributed by atoms with Crippen LogP contribution in [0.2, 0.25) is 0 Å². The number of hydrogen-bond donors (Lipinski definition) is 1. The SMILES string of the molecule is CCC1(CC)CCN(C(CN)c2cccnc2)CC1. The van der Waals surface area contributed by atoms with Gasteiger partial charge in [-0.25, -0.2) is 0 Å². The van der Waals surface area contributed by atoms with E-state index in [0.717, 1.165) is 0 Å². The van der Waals surface area contributed by atoms with E-state index in [-0.39, 0.29) is 0 Å². The van der Waals surface area contributed by atoms with Crippen LogP contribution in [0.5, 0.6) is 0 Å². The van der Waals surface area contributed by atoms with Crippen molar-refractivity contribution in [2.45, 2.75) is 45.6 Å². The lowest BCUT2D eigenvalue weighted by molar-refractivity contribution is 0.0679. The van der Waals surface area contributed by atoms with Crippen LogP contribution in [-0.4, -0.2) is 29.5 Å². The molecule has 0 bridgehead atoms. The van der Waals surface area contributed by atoms with Crippen molar-refractivity contribution in [2.24, 2.45) is 11.1 Å². The topological polar surface area (TPSA) is 42.1 Å². The molecular formula is C16H27N3. The average Bonchev–Trinajstić information content (AvgIpc) is 2.50. The Labute approximate surface area is 117 Å². The highest BCUT2D eigenvalue weighted by Gasteiger charge is 2.33. The molecule has 1 aromatic heterocycles. The summed E-state index contributed by atoms with van der Waals surface area (Å²) in [6.45, 7) is 7.68. The van der Waals surface area contributed by atoms with Crippen molar-refractivity contribution >= 4 is 0 Å². The molecule has 0 radical (unpaired) electrons. The monoisotopic (exact) mass is 261 g/mol. The van der Waals surface area contributed by atoms with Gasteiger partial charge in [-0.3, -0.25) is 9.88 Å². The molecule has 2 heterocycles. The molecule has 2 rings (SSSR count). The van der Waals surface area contributed by atoms with Gasteiger partial charge in [-0.1, -0.05) is 32.8 Å². The van der Waals surface area contributed by atoms with Crippen molar-refractivity contribution in [3.05, 3.63) is 30.1 Å². The zero-order valence-corrected chi connectivity index (χ0v) is 12.3. The first-order valence-corrected chi connectivity index (χ1v) is 7.58. The van der Waals surface area contributed by atoms with E-state index in [9.17, 15) is 0 Å². The van der Waals surface area contributed by atoms with E-state index >= 15 is 0 Å². The van der Waals surface area contributed by atoms with E-state index in [1.165, 1.54) is 44.3 Å². The second-order valence-corrected chi connectivity index (χ2v) is 5.78. The van der Waals surface area contributed by atoms with Crippen molar-refractivity contribution in [1.29, 1.82) is 0 Å². The predicted octanol–water partition coefficient (Wildman–Crippen LogP) is 2.98. The highest BCUT2D eigenvalue weighted by atomic mass is 15.2. The zero-order chi connectivity index (χ0) is 13.7. The van der Waals surface area contributed by atoms with Crippen molar-refractivity contribution in [1.82, 2.24) is 9.88 Å². The molecule has 1 aliphatic rings. The largest absolute Gasteiger partial charge is 0.329 e. The van der Waals surface area contributed by atoms with Crippen LogP contribution in [0.4, 0.5) is 0 Å². The fourth-order valence-electron chi connectivity index (χ4n) is 3.34. The van der Waals surface area contributed by atoms with Gasteiger partial charge in [0, 0.05) is 25.0 Å². The minimum Gasteiger partial charge on any atom is -0.329 e. The number of piperidine rings is 1. The molecule has 0 spiro atoms. The van der Waals surface area contributed by atoms with Crippen LogP contribution in [0.3, 0.4) is 0 Å². The maximum atomic E-state index is 6.00. The Bertz CT molecular complexity index is 363. The van der Waals surface area contributed by atoms with Crippen molar-refractivity contribution in [3.63, 3.8) is 0 Å². The maximum Gasteiger partial charge on any atom is 0.0485 e. The van der Waals surface area contributed by atoms with E-state index in [2.05, 4.69) is 29.8 Å². The third-order valence-corrected chi connectivity index (χ3v) is 5.09. The molecule has 0 saturated carbocycles. The summed E-state index contributed by atoms with van der Waals surface area (Å²) in [5.41, 5.74) is 7.83. The van der Waals surface area contributed by atoms with Gasteiger partial charge in [0.15, 0.2) is 0 Å². The molecule has 19 heavy (non-hydrogen) atoms. The Kier molecular flexibility index (Phi) is 4.94. The number of nitrogens with two attached hydrogens (primary N) is 1. The van der Waals surface area contributed by atoms with E-state index < -0.39 is 0 Å². The molecule has 3 nitrogen and oxygen atoms in total. The summed E-state index contributed by atoms with van der Waals surface area (Å²) >= 11 is 0. The first-order chi connectivity index (χ1) is 9.24. The van der Waals surface area contributed by atoms with Gasteiger partial charge in [-0.05, 0) is 43.0 Å². The highest BCUT2D eigenvalue weighted by Crippen LogP contribution is 2.39. The van der Waals surface area contributed by atoms with Crippen LogP contribution in [0.25, 0.3) is 0 Å². The van der Waals surface area contributed by atoms with E-state index in [1.807, 2.05) is 18.5 Å². The van der Waals surface area contributed by atoms with Gasteiger partial charge in [0.1, 0.15) is 0 Å². The molecule has 1 unspecified atom stereocenters. The summed E-state index contributed by atoms with van der Waals surface area (Å²) in [5.74, 6) is 0. The normalized spacial score (nSPS) is 21.2. The Morgan fingerprint density at radius 1 is 1.32 bits per heavy atom. The molecule has 1 fully saturated rings. The van der Waals surface area contributed by atoms with Gasteiger partial charge in [-0.15, -0.1) is 0 Å². The quantitative estimate of drug-likeness (QED) is 0.886. The average molecular weight is 261 g/mol. The van der Waals surface area contributed by atoms with Crippen molar-refractivity contribution in [2.75, 3.05) is 19.6 Å². The summed E-state index contributed by atoms with van der Waals surface area (Å²) in [6, 6.07) is 4.48. The molecular weight excluding hydrogens is 234 g/mol. The molecule has 1 atom stereocenters. The lowest BCUT2D eigenvalue weighted by Gasteiger charge is -2.43. The van der Waals surface area contributed by atoms with Crippen LogP contribution in [-0.2, 0) is 0 Å². The maximum absolute atomic E-state index is 6.00. The number of nitrogens with zero attached hydrogens (tertiary/aromatic N) is 2. The summed E-state index contributed by atoms with van der Waals surface area (Å²) in [5, 5.41) is 0. The summed E-state index contributed by atoms with van der Waals surface area (Å²) in [7, 11) is 0. The second-order valence-electron chi connectivity index (χ2n) is 5.78. The Morgan fingerprint density at radius 2 is 2.00 bits per heavy atom. The Balaban J connectivity index is 2.03. The summed E-state index contributed by atoms with van der Waals surface area (Å²) in [4.78, 5) is 6.77. The lowest BCUT2D eigenvalue weighted by Crippen LogP contribution is -2.43. The van der Waals surface area contributed by atoms with Crippen LogP contribution in [0.15, 0.2) is 24.5 Å². The molecule has 1 saturated heterocycles. The highest BCUT2D eigenvalue weighted by molar-refractivity contribution is 5.15. The van der Waals surface area contributed by atoms with Gasteiger partial charge in [0.25, 0.3) is 0 Å². The first kappa shape index (κ1) is 14.5. The van der Waals surface area contributed by atoms with Gasteiger partial charge < -0.3 is 5.73 Å². The lowest BCUT2D eigenvalue weighted by atomic mass is 9.74. The third-order valence-electron chi connectivity index (χ3n) is 5.09. The van der Waals surface area contributed by atoms with E-state index in [1.54, 1.807) is 0 Å². The number of rotatable bonds is 5. The molecule has 1 aromatic rings. The number of aromatic nitrogens is 1. The smallest absolute Gasteiger partial charge is 0.0485 e. The molecule has 2 N–H and O–H groups in total. The van der Waals surface area contributed by atoms with Gasteiger partial charge in [0.05, 0.1) is 0 Å². The van der Waals surface area contributed by atoms with Gasteiger partial charge >= 0.3 is 0 Å². The minimum atomic E-state index is 0.334. The van der Waals surface area contributed by atoms with Crippen molar-refractivity contribution in [3.8, 4) is 0 Å². The van der Waals surface area contributed by atoms with Crippen LogP contribution in [0.1, 0.15) is 51.1 Å². The summed E-state index contributed by atoms with van der Waals surface area (Å²) in [6.07, 6.45) is 8.99. The van der Waals surface area contributed by atoms with Gasteiger partial charge in [-0.2, -0.15) is 0 Å². The Morgan fingerprint density at radius 3 is 2.47 bits per heavy atom. The van der Waals surface area contributed by atoms with Crippen LogP contribution >= 0.6 is 0 Å². The van der Waals surface area contributed by atoms with Gasteiger partial charge in [0.2, 0.25) is 0 Å². The number of likely N-dealkylation sites (tertiary alicyclic amines) is 1. The third kappa shape index (κ3) is 3.15. The fourth-order valence-corrected chi connectivity index (χ4v) is 3.34. The van der Waals surface area contributed by atoms with Crippen molar-refractivity contribution < 1.29 is 0 Å². The molecule has 0 aromatic carbocycles. The number of hydrogen-bond acceptors (Lipinski definition) is 3. The molecule has 3 heteroatoms. The van der Waals surface area contributed by atoms with E-state index in [4.69, 9.17) is 5.73 Å². The van der Waals surface area contributed by atoms with Crippen LogP contribution in [0, 0.1) is 5.41 Å². The molecule has 1 aliphatic heterocycles. The minimum absolute atomic E-state index is 0.334. The number of pyridine rings is 1. The standard InChI is InChI=1S/C16H27N3/c1-3-16(4-2)7-10-19(11-8-16)15(12-17)14-6-5-9-18-13-14/h5-6,9,13,15H,3-4,7-8,10-12,17H2,1-2H3. The summed E-state index contributed by atoms with van der Waals surface area (Å²) < 4.78 is 0. The molecule has 106 valence electrons. The van der Waals surface area contributed by atoms with E-state index in [0.29, 0.717) is 18.0 Å².